The van der Waals surface area contributed by atoms with Gasteiger partial charge in [-0.2, -0.15) is 0 Å². The van der Waals surface area contributed by atoms with E-state index in [1.165, 1.54) is 5.56 Å². The molecular formula is C16H18BrNO. The van der Waals surface area contributed by atoms with Crippen molar-refractivity contribution in [2.45, 2.75) is 19.9 Å². The molecule has 2 rings (SSSR count). The summed E-state index contributed by atoms with van der Waals surface area (Å²) in [7, 11) is 0. The Morgan fingerprint density at radius 1 is 1.21 bits per heavy atom. The second-order valence-corrected chi connectivity index (χ2v) is 5.43. The number of hydrogen-bond donors (Lipinski definition) is 1. The molecule has 0 saturated carbocycles. The summed E-state index contributed by atoms with van der Waals surface area (Å²) in [6.07, 6.45) is 0. The summed E-state index contributed by atoms with van der Waals surface area (Å²) in [6, 6.07) is 14.0. The molecule has 100 valence electrons. The standard InChI is InChI=1S/C16H18BrNO/c1-3-19-15-7-5-4-6-14(15)16(18)12-8-11(2)9-13(17)10-12/h4-10,16H,3,18H2,1-2H3. The summed E-state index contributed by atoms with van der Waals surface area (Å²) < 4.78 is 6.70. The maximum atomic E-state index is 6.38. The number of rotatable bonds is 4. The van der Waals surface area contributed by atoms with E-state index in [1.807, 2.05) is 31.2 Å². The molecule has 2 aromatic rings. The Balaban J connectivity index is 2.40. The van der Waals surface area contributed by atoms with Crippen molar-refractivity contribution in [3.8, 4) is 5.75 Å². The van der Waals surface area contributed by atoms with E-state index in [0.717, 1.165) is 21.3 Å². The van der Waals surface area contributed by atoms with Crippen LogP contribution in [-0.2, 0) is 0 Å². The van der Waals surface area contributed by atoms with Crippen LogP contribution in [0.25, 0.3) is 0 Å². The number of ether oxygens (including phenoxy) is 1. The Morgan fingerprint density at radius 2 is 1.95 bits per heavy atom. The summed E-state index contributed by atoms with van der Waals surface area (Å²) in [5.41, 5.74) is 9.67. The highest BCUT2D eigenvalue weighted by Crippen LogP contribution is 2.30. The van der Waals surface area contributed by atoms with E-state index in [9.17, 15) is 0 Å². The molecule has 0 aliphatic heterocycles. The van der Waals surface area contributed by atoms with Crippen LogP contribution in [0, 0.1) is 6.92 Å². The summed E-state index contributed by atoms with van der Waals surface area (Å²) in [5.74, 6) is 0.857. The molecule has 0 aliphatic carbocycles. The molecule has 0 heterocycles. The number of nitrogens with two attached hydrogens (primary N) is 1. The molecule has 0 aliphatic rings. The van der Waals surface area contributed by atoms with E-state index in [-0.39, 0.29) is 6.04 Å². The molecule has 1 atom stereocenters. The van der Waals surface area contributed by atoms with Crippen LogP contribution in [0.3, 0.4) is 0 Å². The summed E-state index contributed by atoms with van der Waals surface area (Å²) in [4.78, 5) is 0. The van der Waals surface area contributed by atoms with Gasteiger partial charge in [-0.05, 0) is 43.2 Å². The van der Waals surface area contributed by atoms with Gasteiger partial charge in [0.2, 0.25) is 0 Å². The molecule has 0 amide bonds. The van der Waals surface area contributed by atoms with Crippen molar-refractivity contribution in [3.05, 3.63) is 63.6 Å². The third-order valence-corrected chi connectivity index (χ3v) is 3.44. The molecule has 1 unspecified atom stereocenters. The van der Waals surface area contributed by atoms with Crippen molar-refractivity contribution in [2.24, 2.45) is 5.73 Å². The maximum Gasteiger partial charge on any atom is 0.124 e. The van der Waals surface area contributed by atoms with E-state index in [4.69, 9.17) is 10.5 Å². The van der Waals surface area contributed by atoms with Gasteiger partial charge in [0, 0.05) is 10.0 Å². The first-order valence-corrected chi connectivity index (χ1v) is 7.15. The number of benzene rings is 2. The molecule has 0 spiro atoms. The molecular weight excluding hydrogens is 302 g/mol. The SMILES string of the molecule is CCOc1ccccc1C(N)c1cc(C)cc(Br)c1. The zero-order valence-corrected chi connectivity index (χ0v) is 12.8. The van der Waals surface area contributed by atoms with Crippen molar-refractivity contribution in [2.75, 3.05) is 6.61 Å². The van der Waals surface area contributed by atoms with Crippen LogP contribution in [-0.4, -0.2) is 6.61 Å². The molecule has 3 heteroatoms. The average Bonchev–Trinajstić information content (AvgIpc) is 2.38. The minimum atomic E-state index is -0.182. The lowest BCUT2D eigenvalue weighted by atomic mass is 9.97. The van der Waals surface area contributed by atoms with E-state index < -0.39 is 0 Å². The Morgan fingerprint density at radius 3 is 2.63 bits per heavy atom. The largest absolute Gasteiger partial charge is 0.494 e. The highest BCUT2D eigenvalue weighted by molar-refractivity contribution is 9.10. The Labute approximate surface area is 122 Å². The monoisotopic (exact) mass is 319 g/mol. The van der Waals surface area contributed by atoms with Crippen LogP contribution >= 0.6 is 15.9 Å². The number of hydrogen-bond acceptors (Lipinski definition) is 2. The number of halogens is 1. The zero-order valence-electron chi connectivity index (χ0n) is 11.2. The number of aryl methyl sites for hydroxylation is 1. The second-order valence-electron chi connectivity index (χ2n) is 4.51. The van der Waals surface area contributed by atoms with Crippen LogP contribution < -0.4 is 10.5 Å². The van der Waals surface area contributed by atoms with Gasteiger partial charge in [-0.1, -0.05) is 40.2 Å². The first-order valence-electron chi connectivity index (χ1n) is 6.36. The maximum absolute atomic E-state index is 6.38. The minimum absolute atomic E-state index is 0.182. The fourth-order valence-corrected chi connectivity index (χ4v) is 2.77. The smallest absolute Gasteiger partial charge is 0.124 e. The molecule has 0 aromatic heterocycles. The van der Waals surface area contributed by atoms with Crippen molar-refractivity contribution in [1.82, 2.24) is 0 Å². The number of para-hydroxylation sites is 1. The van der Waals surface area contributed by atoms with Gasteiger partial charge >= 0.3 is 0 Å². The van der Waals surface area contributed by atoms with Crippen LogP contribution in [0.2, 0.25) is 0 Å². The molecule has 2 aromatic carbocycles. The summed E-state index contributed by atoms with van der Waals surface area (Å²) in [6.45, 7) is 4.68. The van der Waals surface area contributed by atoms with E-state index in [1.54, 1.807) is 0 Å². The van der Waals surface area contributed by atoms with E-state index >= 15 is 0 Å². The van der Waals surface area contributed by atoms with Gasteiger partial charge in [-0.25, -0.2) is 0 Å². The van der Waals surface area contributed by atoms with Crippen LogP contribution in [0.4, 0.5) is 0 Å². The lowest BCUT2D eigenvalue weighted by molar-refractivity contribution is 0.335. The summed E-state index contributed by atoms with van der Waals surface area (Å²) in [5, 5.41) is 0. The van der Waals surface area contributed by atoms with Gasteiger partial charge < -0.3 is 10.5 Å². The van der Waals surface area contributed by atoms with Crippen molar-refractivity contribution < 1.29 is 4.74 Å². The predicted octanol–water partition coefficient (Wildman–Crippen LogP) is 4.20. The first-order chi connectivity index (χ1) is 9.11. The zero-order chi connectivity index (χ0) is 13.8. The Kier molecular flexibility index (Phi) is 4.61. The predicted molar refractivity (Wildman–Crippen MR) is 82.5 cm³/mol. The fraction of sp³-hybridized carbons (Fsp3) is 0.250. The van der Waals surface area contributed by atoms with Gasteiger partial charge in [0.1, 0.15) is 5.75 Å². The third kappa shape index (κ3) is 3.37. The second kappa shape index (κ2) is 6.22. The van der Waals surface area contributed by atoms with Crippen molar-refractivity contribution in [3.63, 3.8) is 0 Å². The molecule has 0 radical (unpaired) electrons. The summed E-state index contributed by atoms with van der Waals surface area (Å²) >= 11 is 3.52. The van der Waals surface area contributed by atoms with Crippen LogP contribution in [0.15, 0.2) is 46.9 Å². The Bertz CT molecular complexity index is 548. The normalized spacial score (nSPS) is 12.2. The van der Waals surface area contributed by atoms with Crippen LogP contribution in [0.5, 0.6) is 5.75 Å². The van der Waals surface area contributed by atoms with E-state index in [2.05, 4.69) is 41.1 Å². The topological polar surface area (TPSA) is 35.2 Å². The molecule has 0 bridgehead atoms. The van der Waals surface area contributed by atoms with Gasteiger partial charge in [0.05, 0.1) is 12.6 Å². The highest BCUT2D eigenvalue weighted by Gasteiger charge is 2.14. The highest BCUT2D eigenvalue weighted by atomic mass is 79.9. The van der Waals surface area contributed by atoms with Gasteiger partial charge in [0.25, 0.3) is 0 Å². The lowest BCUT2D eigenvalue weighted by Crippen LogP contribution is -2.13. The van der Waals surface area contributed by atoms with Gasteiger partial charge in [-0.15, -0.1) is 0 Å². The van der Waals surface area contributed by atoms with E-state index in [0.29, 0.717) is 6.61 Å². The van der Waals surface area contributed by atoms with Gasteiger partial charge in [-0.3, -0.25) is 0 Å². The molecule has 2 nitrogen and oxygen atoms in total. The molecule has 0 saturated heterocycles. The van der Waals surface area contributed by atoms with Crippen molar-refractivity contribution >= 4 is 15.9 Å². The van der Waals surface area contributed by atoms with Gasteiger partial charge in [0.15, 0.2) is 0 Å². The molecule has 2 N–H and O–H groups in total. The average molecular weight is 320 g/mol. The fourth-order valence-electron chi connectivity index (χ4n) is 2.15. The third-order valence-electron chi connectivity index (χ3n) is 2.98. The van der Waals surface area contributed by atoms with Crippen molar-refractivity contribution in [1.29, 1.82) is 0 Å². The lowest BCUT2D eigenvalue weighted by Gasteiger charge is -2.17. The molecule has 0 fully saturated rings. The Hall–Kier alpha value is -1.32. The quantitative estimate of drug-likeness (QED) is 0.916. The first kappa shape index (κ1) is 14.1. The van der Waals surface area contributed by atoms with Crippen LogP contribution in [0.1, 0.15) is 29.7 Å². The minimum Gasteiger partial charge on any atom is -0.494 e. The molecule has 19 heavy (non-hydrogen) atoms.